The van der Waals surface area contributed by atoms with Gasteiger partial charge in [0.15, 0.2) is 9.84 Å². The maximum absolute atomic E-state index is 12.2. The van der Waals surface area contributed by atoms with Crippen LogP contribution in [0.2, 0.25) is 10.0 Å². The third kappa shape index (κ3) is 6.57. The molecule has 2 fully saturated rings. The Balaban J connectivity index is 1.41. The van der Waals surface area contributed by atoms with Gasteiger partial charge in [-0.1, -0.05) is 29.3 Å². The first-order valence-electron chi connectivity index (χ1n) is 9.28. The zero-order chi connectivity index (χ0) is 20.1. The summed E-state index contributed by atoms with van der Waals surface area (Å²) in [5.74, 6) is 0.135. The number of sulfone groups is 1. The zero-order valence-corrected chi connectivity index (χ0v) is 17.9. The maximum atomic E-state index is 12.2. The zero-order valence-electron chi connectivity index (χ0n) is 15.6. The molecule has 156 valence electrons. The van der Waals surface area contributed by atoms with E-state index in [9.17, 15) is 13.2 Å². The van der Waals surface area contributed by atoms with Gasteiger partial charge in [-0.05, 0) is 17.7 Å². The average molecular weight is 450 g/mol. The Morgan fingerprint density at radius 1 is 1.14 bits per heavy atom. The third-order valence-corrected chi connectivity index (χ3v) is 7.29. The Morgan fingerprint density at radius 3 is 2.61 bits per heavy atom. The van der Waals surface area contributed by atoms with E-state index >= 15 is 0 Å². The highest BCUT2D eigenvalue weighted by atomic mass is 35.5. The smallest absolute Gasteiger partial charge is 0.234 e. The number of carbonyl (C=O) groups is 1. The van der Waals surface area contributed by atoms with Gasteiger partial charge in [0, 0.05) is 39.3 Å². The van der Waals surface area contributed by atoms with Crippen molar-refractivity contribution in [2.24, 2.45) is 0 Å². The first kappa shape index (κ1) is 21.8. The number of nitrogens with one attached hydrogen (secondary N) is 1. The van der Waals surface area contributed by atoms with E-state index in [2.05, 4.69) is 10.2 Å². The van der Waals surface area contributed by atoms with Crippen LogP contribution in [0.1, 0.15) is 5.56 Å². The Kier molecular flexibility index (Phi) is 7.58. The number of amides is 1. The standard InChI is InChI=1S/C18H25Cl2N3O4S/c19-16-2-1-14(9-17(16)20)11-23-3-6-27-15(12-23)10-21-18(24)13-22-4-7-28(25,26)8-5-22/h1-2,9,15H,3-8,10-13H2,(H,21,24). The molecule has 3 rings (SSSR count). The molecule has 0 aromatic heterocycles. The summed E-state index contributed by atoms with van der Waals surface area (Å²) in [6.07, 6.45) is -0.0813. The molecule has 28 heavy (non-hydrogen) atoms. The van der Waals surface area contributed by atoms with E-state index in [1.165, 1.54) is 0 Å². The van der Waals surface area contributed by atoms with Crippen LogP contribution in [0.4, 0.5) is 0 Å². The predicted octanol–water partition coefficient (Wildman–Crippen LogP) is 1.04. The molecule has 0 saturated carbocycles. The van der Waals surface area contributed by atoms with Crippen LogP contribution in [0, 0.1) is 0 Å². The summed E-state index contributed by atoms with van der Waals surface area (Å²) < 4.78 is 28.7. The quantitative estimate of drug-likeness (QED) is 0.698. The molecule has 2 saturated heterocycles. The normalized spacial score (nSPS) is 23.4. The minimum Gasteiger partial charge on any atom is -0.374 e. The number of rotatable bonds is 6. The minimum absolute atomic E-state index is 0.0813. The number of hydrogen-bond acceptors (Lipinski definition) is 6. The molecular formula is C18H25Cl2N3O4S. The number of carbonyl (C=O) groups excluding carboxylic acids is 1. The van der Waals surface area contributed by atoms with Crippen LogP contribution < -0.4 is 5.32 Å². The Bertz CT molecular complexity index is 792. The Labute approximate surface area is 175 Å². The second-order valence-corrected chi connectivity index (χ2v) is 10.3. The van der Waals surface area contributed by atoms with E-state index in [1.54, 1.807) is 6.07 Å². The molecule has 10 heteroatoms. The highest BCUT2D eigenvalue weighted by Crippen LogP contribution is 2.23. The molecule has 7 nitrogen and oxygen atoms in total. The molecule has 1 N–H and O–H groups in total. The van der Waals surface area contributed by atoms with Gasteiger partial charge >= 0.3 is 0 Å². The van der Waals surface area contributed by atoms with Gasteiger partial charge in [-0.15, -0.1) is 0 Å². The van der Waals surface area contributed by atoms with Crippen LogP contribution >= 0.6 is 23.2 Å². The summed E-state index contributed by atoms with van der Waals surface area (Å²) in [6, 6.07) is 5.62. The third-order valence-electron chi connectivity index (χ3n) is 4.94. The molecule has 1 unspecified atom stereocenters. The fourth-order valence-electron chi connectivity index (χ4n) is 3.34. The topological polar surface area (TPSA) is 79.0 Å². The molecule has 1 atom stereocenters. The van der Waals surface area contributed by atoms with Crippen molar-refractivity contribution in [2.45, 2.75) is 12.6 Å². The van der Waals surface area contributed by atoms with Crippen molar-refractivity contribution in [3.8, 4) is 0 Å². The van der Waals surface area contributed by atoms with Gasteiger partial charge in [0.1, 0.15) is 0 Å². The largest absolute Gasteiger partial charge is 0.374 e. The number of nitrogens with zero attached hydrogens (tertiary/aromatic N) is 2. The van der Waals surface area contributed by atoms with Crippen molar-refractivity contribution >= 4 is 38.9 Å². The summed E-state index contributed by atoms with van der Waals surface area (Å²) >= 11 is 12.0. The van der Waals surface area contributed by atoms with Crippen LogP contribution in [0.15, 0.2) is 18.2 Å². The van der Waals surface area contributed by atoms with Crippen LogP contribution in [-0.4, -0.2) is 87.6 Å². The minimum atomic E-state index is -2.93. The second-order valence-electron chi connectivity index (χ2n) is 7.21. The highest BCUT2D eigenvalue weighted by molar-refractivity contribution is 7.91. The van der Waals surface area contributed by atoms with Crippen LogP contribution in [-0.2, 0) is 25.9 Å². The summed E-state index contributed by atoms with van der Waals surface area (Å²) in [5.41, 5.74) is 1.08. The van der Waals surface area contributed by atoms with E-state index in [1.807, 2.05) is 17.0 Å². The lowest BCUT2D eigenvalue weighted by Gasteiger charge is -2.33. The summed E-state index contributed by atoms with van der Waals surface area (Å²) in [7, 11) is -2.93. The van der Waals surface area contributed by atoms with Gasteiger partial charge in [-0.25, -0.2) is 8.42 Å². The first-order valence-corrected chi connectivity index (χ1v) is 11.9. The molecule has 1 amide bonds. The fourth-order valence-corrected chi connectivity index (χ4v) is 4.94. The first-order chi connectivity index (χ1) is 13.3. The molecule has 2 heterocycles. The summed E-state index contributed by atoms with van der Waals surface area (Å²) in [4.78, 5) is 16.3. The van der Waals surface area contributed by atoms with E-state index < -0.39 is 9.84 Å². The van der Waals surface area contributed by atoms with Gasteiger partial charge in [-0.2, -0.15) is 0 Å². The lowest BCUT2D eigenvalue weighted by atomic mass is 10.2. The molecule has 1 aromatic carbocycles. The molecule has 0 bridgehead atoms. The fraction of sp³-hybridized carbons (Fsp3) is 0.611. The van der Waals surface area contributed by atoms with Crippen molar-refractivity contribution in [2.75, 3.05) is 57.4 Å². The van der Waals surface area contributed by atoms with Crippen LogP contribution in [0.3, 0.4) is 0 Å². The van der Waals surface area contributed by atoms with E-state index in [4.69, 9.17) is 27.9 Å². The number of hydrogen-bond donors (Lipinski definition) is 1. The molecule has 2 aliphatic heterocycles. The number of ether oxygens (including phenoxy) is 1. The molecule has 0 spiro atoms. The second kappa shape index (κ2) is 9.73. The van der Waals surface area contributed by atoms with E-state index in [-0.39, 0.29) is 30.1 Å². The van der Waals surface area contributed by atoms with Crippen molar-refractivity contribution in [3.05, 3.63) is 33.8 Å². The van der Waals surface area contributed by atoms with E-state index in [0.29, 0.717) is 42.8 Å². The van der Waals surface area contributed by atoms with Gasteiger partial charge < -0.3 is 10.1 Å². The summed E-state index contributed by atoms with van der Waals surface area (Å²) in [6.45, 7) is 4.34. The van der Waals surface area contributed by atoms with Crippen molar-refractivity contribution < 1.29 is 17.9 Å². The number of halogens is 2. The van der Waals surface area contributed by atoms with Gasteiger partial charge in [-0.3, -0.25) is 14.6 Å². The number of morpholine rings is 1. The molecule has 1 aromatic rings. The van der Waals surface area contributed by atoms with Crippen molar-refractivity contribution in [1.82, 2.24) is 15.1 Å². The van der Waals surface area contributed by atoms with Gasteiger partial charge in [0.25, 0.3) is 0 Å². The van der Waals surface area contributed by atoms with Crippen molar-refractivity contribution in [3.63, 3.8) is 0 Å². The van der Waals surface area contributed by atoms with Crippen LogP contribution in [0.25, 0.3) is 0 Å². The maximum Gasteiger partial charge on any atom is 0.234 e. The van der Waals surface area contributed by atoms with E-state index in [0.717, 1.165) is 18.7 Å². The lowest BCUT2D eigenvalue weighted by Crippen LogP contribution is -2.49. The SMILES string of the molecule is O=C(CN1CCS(=O)(=O)CC1)NCC1CN(Cc2ccc(Cl)c(Cl)c2)CCO1. The van der Waals surface area contributed by atoms with Crippen LogP contribution in [0.5, 0.6) is 0 Å². The molecular weight excluding hydrogens is 425 g/mol. The monoisotopic (exact) mass is 449 g/mol. The molecule has 0 aliphatic carbocycles. The van der Waals surface area contributed by atoms with Crippen molar-refractivity contribution in [1.29, 1.82) is 0 Å². The van der Waals surface area contributed by atoms with Gasteiger partial charge in [0.2, 0.25) is 5.91 Å². The number of benzene rings is 1. The molecule has 0 radical (unpaired) electrons. The van der Waals surface area contributed by atoms with Gasteiger partial charge in [0.05, 0.1) is 40.8 Å². The molecule has 2 aliphatic rings. The lowest BCUT2D eigenvalue weighted by molar-refractivity contribution is -0.123. The summed E-state index contributed by atoms with van der Waals surface area (Å²) in [5, 5.41) is 3.99. The highest BCUT2D eigenvalue weighted by Gasteiger charge is 2.24. The Morgan fingerprint density at radius 2 is 1.89 bits per heavy atom. The Hall–Kier alpha value is -0.900. The average Bonchev–Trinajstić information content (AvgIpc) is 2.65. The predicted molar refractivity (Wildman–Crippen MR) is 110 cm³/mol.